The van der Waals surface area contributed by atoms with E-state index in [0.717, 1.165) is 19.3 Å². The molecule has 0 heterocycles. The zero-order valence-electron chi connectivity index (χ0n) is 14.8. The molecule has 0 bridgehead atoms. The van der Waals surface area contributed by atoms with Crippen molar-refractivity contribution < 1.29 is 9.84 Å². The molecule has 1 saturated carbocycles. The van der Waals surface area contributed by atoms with Crippen molar-refractivity contribution in [2.45, 2.75) is 99.4 Å². The van der Waals surface area contributed by atoms with E-state index in [1.807, 2.05) is 0 Å². The van der Waals surface area contributed by atoms with Gasteiger partial charge in [-0.2, -0.15) is 0 Å². The molecule has 20 heavy (non-hydrogen) atoms. The van der Waals surface area contributed by atoms with Gasteiger partial charge in [0.1, 0.15) is 0 Å². The molecular formula is C18H36O2. The summed E-state index contributed by atoms with van der Waals surface area (Å²) in [7, 11) is 0. The second-order valence-corrected chi connectivity index (χ2v) is 9.15. The Bertz CT molecular complexity index is 292. The molecule has 0 saturated heterocycles. The smallest absolute Gasteiger partial charge is 0.160 e. The first-order valence-corrected chi connectivity index (χ1v) is 8.29. The van der Waals surface area contributed by atoms with Gasteiger partial charge in [-0.1, -0.05) is 67.7 Å². The normalized spacial score (nSPS) is 23.4. The van der Waals surface area contributed by atoms with Crippen molar-refractivity contribution in [2.24, 2.45) is 16.2 Å². The van der Waals surface area contributed by atoms with Crippen LogP contribution in [0.2, 0.25) is 0 Å². The van der Waals surface area contributed by atoms with Crippen LogP contribution < -0.4 is 0 Å². The lowest BCUT2D eigenvalue weighted by molar-refractivity contribution is -0.236. The predicted octanol–water partition coefficient (Wildman–Crippen LogP) is 5.14. The maximum Gasteiger partial charge on any atom is 0.160 e. The van der Waals surface area contributed by atoms with Gasteiger partial charge in [0, 0.05) is 5.41 Å². The van der Waals surface area contributed by atoms with Crippen LogP contribution >= 0.6 is 0 Å². The van der Waals surface area contributed by atoms with Crippen LogP contribution in [0.1, 0.15) is 87.0 Å². The molecule has 0 radical (unpaired) electrons. The monoisotopic (exact) mass is 284 g/mol. The summed E-state index contributed by atoms with van der Waals surface area (Å²) in [5, 5.41) is 10.8. The van der Waals surface area contributed by atoms with Gasteiger partial charge in [0.2, 0.25) is 0 Å². The Balaban J connectivity index is 2.81. The van der Waals surface area contributed by atoms with Gasteiger partial charge in [-0.05, 0) is 30.1 Å². The largest absolute Gasteiger partial charge is 0.367 e. The predicted molar refractivity (Wildman–Crippen MR) is 85.6 cm³/mol. The van der Waals surface area contributed by atoms with Gasteiger partial charge in [0.15, 0.2) is 6.29 Å². The number of hydrogen-bond acceptors (Lipinski definition) is 2. The molecule has 1 aliphatic rings. The summed E-state index contributed by atoms with van der Waals surface area (Å²) >= 11 is 0. The Morgan fingerprint density at radius 1 is 0.950 bits per heavy atom. The van der Waals surface area contributed by atoms with Gasteiger partial charge >= 0.3 is 0 Å². The molecule has 0 amide bonds. The molecule has 1 N–H and O–H groups in total. The summed E-state index contributed by atoms with van der Waals surface area (Å²) in [6.45, 7) is 15.6. The van der Waals surface area contributed by atoms with Crippen LogP contribution in [-0.2, 0) is 4.74 Å². The number of aliphatic hydroxyl groups excluding tert-OH is 1. The van der Waals surface area contributed by atoms with E-state index in [2.05, 4.69) is 48.5 Å². The summed E-state index contributed by atoms with van der Waals surface area (Å²) in [5.74, 6) is 0. The highest BCUT2D eigenvalue weighted by Crippen LogP contribution is 2.49. The Hall–Kier alpha value is -0.0800. The molecule has 2 unspecified atom stereocenters. The highest BCUT2D eigenvalue weighted by atomic mass is 16.6. The summed E-state index contributed by atoms with van der Waals surface area (Å²) in [6, 6.07) is 0. The second-order valence-electron chi connectivity index (χ2n) is 9.15. The van der Waals surface area contributed by atoms with E-state index in [1.54, 1.807) is 0 Å². The average Bonchev–Trinajstić information content (AvgIpc) is 2.26. The summed E-state index contributed by atoms with van der Waals surface area (Å²) in [4.78, 5) is 0. The lowest BCUT2D eigenvalue weighted by Gasteiger charge is -2.49. The van der Waals surface area contributed by atoms with Crippen molar-refractivity contribution in [2.75, 3.05) is 0 Å². The van der Waals surface area contributed by atoms with E-state index in [-0.39, 0.29) is 22.3 Å². The third-order valence-electron chi connectivity index (χ3n) is 5.03. The molecule has 0 aromatic carbocycles. The van der Waals surface area contributed by atoms with Gasteiger partial charge in [0.05, 0.1) is 6.10 Å². The number of ether oxygens (including phenoxy) is 1. The lowest BCUT2D eigenvalue weighted by atomic mass is 9.61. The van der Waals surface area contributed by atoms with E-state index < -0.39 is 6.29 Å². The van der Waals surface area contributed by atoms with Gasteiger partial charge in [-0.25, -0.2) is 0 Å². The number of hydrogen-bond donors (Lipinski definition) is 1. The van der Waals surface area contributed by atoms with E-state index in [9.17, 15) is 5.11 Å². The van der Waals surface area contributed by atoms with Crippen molar-refractivity contribution in [3.05, 3.63) is 0 Å². The van der Waals surface area contributed by atoms with Crippen molar-refractivity contribution in [1.29, 1.82) is 0 Å². The van der Waals surface area contributed by atoms with Crippen molar-refractivity contribution in [1.82, 2.24) is 0 Å². The fraction of sp³-hybridized carbons (Fsp3) is 1.00. The molecule has 2 atom stereocenters. The first-order chi connectivity index (χ1) is 8.96. The minimum absolute atomic E-state index is 0.00830. The average molecular weight is 284 g/mol. The number of rotatable bonds is 4. The van der Waals surface area contributed by atoms with E-state index in [4.69, 9.17) is 4.74 Å². The quantitative estimate of drug-likeness (QED) is 0.724. The van der Waals surface area contributed by atoms with Crippen LogP contribution in [0.3, 0.4) is 0 Å². The van der Waals surface area contributed by atoms with Gasteiger partial charge < -0.3 is 9.84 Å². The van der Waals surface area contributed by atoms with Crippen molar-refractivity contribution >= 4 is 0 Å². The fourth-order valence-corrected chi connectivity index (χ4v) is 3.36. The third kappa shape index (κ3) is 4.73. The first-order valence-electron chi connectivity index (χ1n) is 8.29. The van der Waals surface area contributed by atoms with Gasteiger partial charge in [-0.3, -0.25) is 0 Å². The summed E-state index contributed by atoms with van der Waals surface area (Å²) < 4.78 is 6.08. The lowest BCUT2D eigenvalue weighted by Crippen LogP contribution is -2.48. The Morgan fingerprint density at radius 3 is 1.85 bits per heavy atom. The van der Waals surface area contributed by atoms with Crippen LogP contribution in [0.15, 0.2) is 0 Å². The highest BCUT2D eigenvalue weighted by molar-refractivity contribution is 4.92. The molecular weight excluding hydrogens is 248 g/mol. The van der Waals surface area contributed by atoms with Crippen molar-refractivity contribution in [3.8, 4) is 0 Å². The van der Waals surface area contributed by atoms with Gasteiger partial charge in [0.25, 0.3) is 0 Å². The first kappa shape index (κ1) is 18.0. The maximum absolute atomic E-state index is 10.8. The van der Waals surface area contributed by atoms with Crippen molar-refractivity contribution in [3.63, 3.8) is 0 Å². The molecule has 0 aliphatic heterocycles. The molecule has 120 valence electrons. The zero-order chi connectivity index (χ0) is 15.6. The summed E-state index contributed by atoms with van der Waals surface area (Å²) in [5.41, 5.74) is -0.0456. The summed E-state index contributed by atoms with van der Waals surface area (Å²) in [6.07, 6.45) is 6.53. The Labute approximate surface area is 126 Å². The topological polar surface area (TPSA) is 29.5 Å². The highest BCUT2D eigenvalue weighted by Gasteiger charge is 2.47. The Morgan fingerprint density at radius 2 is 1.45 bits per heavy atom. The maximum atomic E-state index is 10.8. The molecule has 1 aliphatic carbocycles. The standard InChI is InChI=1S/C18H36O2/c1-16(2,3)13-18(7,17(4,5)6)15(19)20-14-11-9-8-10-12-14/h14-15,19H,8-13H2,1-7H3. The third-order valence-corrected chi connectivity index (χ3v) is 5.03. The molecule has 2 nitrogen and oxygen atoms in total. The molecule has 1 fully saturated rings. The minimum atomic E-state index is -0.676. The van der Waals surface area contributed by atoms with Crippen LogP contribution in [0.5, 0.6) is 0 Å². The minimum Gasteiger partial charge on any atom is -0.367 e. The second kappa shape index (κ2) is 6.36. The van der Waals surface area contributed by atoms with Crippen LogP contribution in [-0.4, -0.2) is 17.5 Å². The molecule has 1 rings (SSSR count). The van der Waals surface area contributed by atoms with E-state index in [1.165, 1.54) is 19.3 Å². The SMILES string of the molecule is CC(C)(C)CC(C)(C(O)OC1CCCCC1)C(C)(C)C. The van der Waals surface area contributed by atoms with Crippen LogP contribution in [0.4, 0.5) is 0 Å². The molecule has 0 aromatic heterocycles. The van der Waals surface area contributed by atoms with E-state index >= 15 is 0 Å². The van der Waals surface area contributed by atoms with E-state index in [0.29, 0.717) is 0 Å². The molecule has 2 heteroatoms. The molecule has 0 spiro atoms. The van der Waals surface area contributed by atoms with Crippen LogP contribution in [0, 0.1) is 16.2 Å². The fourth-order valence-electron chi connectivity index (χ4n) is 3.36. The number of aliphatic hydroxyl groups is 1. The van der Waals surface area contributed by atoms with Crippen LogP contribution in [0.25, 0.3) is 0 Å². The van der Waals surface area contributed by atoms with Gasteiger partial charge in [-0.15, -0.1) is 0 Å². The zero-order valence-corrected chi connectivity index (χ0v) is 14.8. The Kier molecular flexibility index (Phi) is 5.71. The molecule has 0 aromatic rings.